The van der Waals surface area contributed by atoms with E-state index in [1.807, 2.05) is 0 Å². The van der Waals surface area contributed by atoms with Crippen molar-refractivity contribution < 1.29 is 0 Å². The fourth-order valence-electron chi connectivity index (χ4n) is 2.31. The Bertz CT molecular complexity index is 116. The molecule has 1 aliphatic rings. The van der Waals surface area contributed by atoms with Gasteiger partial charge >= 0.3 is 0 Å². The molecule has 0 heterocycles. The molecule has 0 spiro atoms. The van der Waals surface area contributed by atoms with Crippen molar-refractivity contribution in [3.63, 3.8) is 0 Å². The second-order valence-corrected chi connectivity index (χ2v) is 4.41. The lowest BCUT2D eigenvalue weighted by Crippen LogP contribution is -2.40. The average molecular weight is 155 g/mol. The van der Waals surface area contributed by atoms with Gasteiger partial charge in [0.2, 0.25) is 0 Å². The molecule has 0 aromatic heterocycles. The van der Waals surface area contributed by atoms with Crippen molar-refractivity contribution in [3.8, 4) is 0 Å². The van der Waals surface area contributed by atoms with Gasteiger partial charge in [0.25, 0.3) is 0 Å². The second kappa shape index (κ2) is 3.57. The highest BCUT2D eigenvalue weighted by atomic mass is 14.7. The van der Waals surface area contributed by atoms with Crippen LogP contribution < -0.4 is 5.73 Å². The first-order valence-corrected chi connectivity index (χ1v) is 4.93. The Labute approximate surface area is 70.4 Å². The van der Waals surface area contributed by atoms with E-state index in [-0.39, 0.29) is 5.54 Å². The van der Waals surface area contributed by atoms with Crippen molar-refractivity contribution in [2.75, 3.05) is 0 Å². The minimum absolute atomic E-state index is 0.151. The highest BCUT2D eigenvalue weighted by Gasteiger charge is 2.27. The molecule has 2 N–H and O–H groups in total. The van der Waals surface area contributed by atoms with Crippen LogP contribution in [0.25, 0.3) is 0 Å². The van der Waals surface area contributed by atoms with Gasteiger partial charge < -0.3 is 5.73 Å². The topological polar surface area (TPSA) is 26.0 Å². The van der Waals surface area contributed by atoms with Crippen molar-refractivity contribution >= 4 is 0 Å². The minimum atomic E-state index is 0.151. The maximum absolute atomic E-state index is 6.10. The van der Waals surface area contributed by atoms with E-state index < -0.39 is 0 Å². The van der Waals surface area contributed by atoms with Crippen LogP contribution in [0.3, 0.4) is 0 Å². The first kappa shape index (κ1) is 9.05. The lowest BCUT2D eigenvalue weighted by atomic mass is 9.76. The van der Waals surface area contributed by atoms with Gasteiger partial charge in [0.1, 0.15) is 0 Å². The zero-order chi connectivity index (χ0) is 8.32. The summed E-state index contributed by atoms with van der Waals surface area (Å²) in [5.74, 6) is 0.920. The van der Waals surface area contributed by atoms with Crippen LogP contribution in [0, 0.1) is 5.92 Å². The zero-order valence-corrected chi connectivity index (χ0v) is 7.90. The van der Waals surface area contributed by atoms with Crippen LogP contribution in [0.2, 0.25) is 0 Å². The molecule has 0 aromatic carbocycles. The van der Waals surface area contributed by atoms with E-state index in [1.165, 1.54) is 38.5 Å². The standard InChI is InChI=1S/C10H21N/c1-3-5-9-6-4-7-10(2,11)8-9/h9H,3-8,11H2,1-2H3/t9-,10-/m1/s1. The number of rotatable bonds is 2. The predicted molar refractivity (Wildman–Crippen MR) is 49.5 cm³/mol. The number of hydrogen-bond acceptors (Lipinski definition) is 1. The minimum Gasteiger partial charge on any atom is -0.325 e. The zero-order valence-electron chi connectivity index (χ0n) is 7.90. The maximum atomic E-state index is 6.10. The van der Waals surface area contributed by atoms with Gasteiger partial charge in [0.15, 0.2) is 0 Å². The first-order valence-electron chi connectivity index (χ1n) is 4.93. The molecule has 1 nitrogen and oxygen atoms in total. The summed E-state index contributed by atoms with van der Waals surface area (Å²) in [6.45, 7) is 4.47. The molecule has 0 unspecified atom stereocenters. The van der Waals surface area contributed by atoms with Gasteiger partial charge in [-0.05, 0) is 25.7 Å². The molecule has 1 aliphatic carbocycles. The highest BCUT2D eigenvalue weighted by Crippen LogP contribution is 2.32. The van der Waals surface area contributed by atoms with Crippen molar-refractivity contribution in [1.29, 1.82) is 0 Å². The molecule has 0 radical (unpaired) electrons. The van der Waals surface area contributed by atoms with E-state index in [9.17, 15) is 0 Å². The second-order valence-electron chi connectivity index (χ2n) is 4.41. The fraction of sp³-hybridized carbons (Fsp3) is 1.00. The smallest absolute Gasteiger partial charge is 0.0128 e. The van der Waals surface area contributed by atoms with Crippen molar-refractivity contribution in [2.45, 2.75) is 57.9 Å². The number of nitrogens with two attached hydrogens (primary N) is 1. The monoisotopic (exact) mass is 155 g/mol. The molecule has 0 bridgehead atoms. The highest BCUT2D eigenvalue weighted by molar-refractivity contribution is 4.86. The van der Waals surface area contributed by atoms with Crippen LogP contribution in [0.1, 0.15) is 52.4 Å². The Balaban J connectivity index is 2.34. The Hall–Kier alpha value is -0.0400. The molecule has 1 saturated carbocycles. The summed E-state index contributed by atoms with van der Waals surface area (Å²) in [6, 6.07) is 0. The lowest BCUT2D eigenvalue weighted by Gasteiger charge is -2.34. The van der Waals surface area contributed by atoms with Gasteiger partial charge in [0.05, 0.1) is 0 Å². The molecule has 0 amide bonds. The van der Waals surface area contributed by atoms with Gasteiger partial charge in [-0.15, -0.1) is 0 Å². The molecular formula is C10H21N. The molecule has 0 aromatic rings. The van der Waals surface area contributed by atoms with Crippen LogP contribution >= 0.6 is 0 Å². The van der Waals surface area contributed by atoms with E-state index in [2.05, 4.69) is 13.8 Å². The largest absolute Gasteiger partial charge is 0.325 e. The van der Waals surface area contributed by atoms with Gasteiger partial charge in [-0.2, -0.15) is 0 Å². The predicted octanol–water partition coefficient (Wildman–Crippen LogP) is 2.69. The normalized spacial score (nSPS) is 39.0. The van der Waals surface area contributed by atoms with Crippen LogP contribution in [0.5, 0.6) is 0 Å². The van der Waals surface area contributed by atoms with Crippen LogP contribution in [-0.4, -0.2) is 5.54 Å². The van der Waals surface area contributed by atoms with E-state index in [0.29, 0.717) is 0 Å². The van der Waals surface area contributed by atoms with Crippen molar-refractivity contribution in [1.82, 2.24) is 0 Å². The molecular weight excluding hydrogens is 134 g/mol. The molecule has 1 rings (SSSR count). The Morgan fingerprint density at radius 2 is 2.27 bits per heavy atom. The summed E-state index contributed by atoms with van der Waals surface area (Å²) in [6.07, 6.45) is 7.94. The molecule has 1 fully saturated rings. The van der Waals surface area contributed by atoms with E-state index in [4.69, 9.17) is 5.73 Å². The van der Waals surface area contributed by atoms with Crippen LogP contribution in [-0.2, 0) is 0 Å². The van der Waals surface area contributed by atoms with Crippen LogP contribution in [0.15, 0.2) is 0 Å². The summed E-state index contributed by atoms with van der Waals surface area (Å²) < 4.78 is 0. The first-order chi connectivity index (χ1) is 5.14. The number of hydrogen-bond donors (Lipinski definition) is 1. The molecule has 1 heteroatoms. The summed E-state index contributed by atoms with van der Waals surface area (Å²) in [7, 11) is 0. The SMILES string of the molecule is CCC[C@@H]1CCC[C@@](C)(N)C1. The average Bonchev–Trinajstić information content (AvgIpc) is 1.85. The third kappa shape index (κ3) is 2.82. The fourth-order valence-corrected chi connectivity index (χ4v) is 2.31. The molecule has 0 saturated heterocycles. The van der Waals surface area contributed by atoms with E-state index in [0.717, 1.165) is 5.92 Å². The van der Waals surface area contributed by atoms with Gasteiger partial charge in [-0.3, -0.25) is 0 Å². The summed E-state index contributed by atoms with van der Waals surface area (Å²) in [4.78, 5) is 0. The van der Waals surface area contributed by atoms with Gasteiger partial charge in [-0.25, -0.2) is 0 Å². The van der Waals surface area contributed by atoms with Crippen LogP contribution in [0.4, 0.5) is 0 Å². The quantitative estimate of drug-likeness (QED) is 0.652. The summed E-state index contributed by atoms with van der Waals surface area (Å²) in [5, 5.41) is 0. The lowest BCUT2D eigenvalue weighted by molar-refractivity contribution is 0.231. The maximum Gasteiger partial charge on any atom is 0.0128 e. The van der Waals surface area contributed by atoms with E-state index >= 15 is 0 Å². The molecule has 11 heavy (non-hydrogen) atoms. The summed E-state index contributed by atoms with van der Waals surface area (Å²) in [5.41, 5.74) is 6.25. The Morgan fingerprint density at radius 3 is 2.82 bits per heavy atom. The van der Waals surface area contributed by atoms with Crippen molar-refractivity contribution in [3.05, 3.63) is 0 Å². The Kier molecular flexibility index (Phi) is 2.94. The molecule has 0 aliphatic heterocycles. The Morgan fingerprint density at radius 1 is 1.55 bits per heavy atom. The van der Waals surface area contributed by atoms with Crippen molar-refractivity contribution in [2.24, 2.45) is 11.7 Å². The molecule has 66 valence electrons. The molecule has 2 atom stereocenters. The van der Waals surface area contributed by atoms with E-state index in [1.54, 1.807) is 0 Å². The van der Waals surface area contributed by atoms with Gasteiger partial charge in [-0.1, -0.05) is 32.6 Å². The third-order valence-electron chi connectivity index (χ3n) is 2.81. The third-order valence-corrected chi connectivity index (χ3v) is 2.81. The van der Waals surface area contributed by atoms with Gasteiger partial charge in [0, 0.05) is 5.54 Å². The summed E-state index contributed by atoms with van der Waals surface area (Å²) >= 11 is 0.